The fourth-order valence-electron chi connectivity index (χ4n) is 7.35. The number of esters is 1. The van der Waals surface area contributed by atoms with E-state index in [-0.39, 0.29) is 24.9 Å². The molecule has 338 valence electrons. The largest absolute Gasteiger partial charge is 0.461 e. The molecule has 0 rings (SSSR count). The highest BCUT2D eigenvalue weighted by Gasteiger charge is 2.23. The van der Waals surface area contributed by atoms with Gasteiger partial charge < -0.3 is 20.3 Å². The highest BCUT2D eigenvalue weighted by atomic mass is 16.5. The molecule has 0 aromatic carbocycles. The Balaban J connectivity index is 4.72. The lowest BCUT2D eigenvalue weighted by molar-refractivity contribution is -0.150. The highest BCUT2D eigenvalue weighted by molar-refractivity contribution is 5.77. The molecular weight excluding hydrogens is 719 g/mol. The summed E-state index contributed by atoms with van der Waals surface area (Å²) in [6.45, 7) is 6.42. The van der Waals surface area contributed by atoms with E-state index in [1.807, 2.05) is 6.08 Å². The van der Waals surface area contributed by atoms with Crippen LogP contribution in [0.4, 0.5) is 0 Å². The second-order valence-corrected chi connectivity index (χ2v) is 16.9. The van der Waals surface area contributed by atoms with Gasteiger partial charge in [0.15, 0.2) is 0 Å². The van der Waals surface area contributed by atoms with Crippen LogP contribution in [-0.2, 0) is 14.3 Å². The first-order chi connectivity index (χ1) is 28.5. The van der Waals surface area contributed by atoms with E-state index in [9.17, 15) is 19.8 Å². The van der Waals surface area contributed by atoms with Crippen molar-refractivity contribution in [2.45, 2.75) is 264 Å². The molecule has 0 saturated heterocycles. The zero-order chi connectivity index (χ0) is 42.4. The van der Waals surface area contributed by atoms with Crippen molar-refractivity contribution in [2.24, 2.45) is 0 Å². The van der Waals surface area contributed by atoms with Crippen LogP contribution in [0.3, 0.4) is 0 Å². The van der Waals surface area contributed by atoms with Gasteiger partial charge in [-0.05, 0) is 44.9 Å². The van der Waals surface area contributed by atoms with Crippen molar-refractivity contribution in [1.29, 1.82) is 0 Å². The first-order valence-electron chi connectivity index (χ1n) is 24.9. The number of aliphatic hydroxyl groups excluding tert-OH is 2. The van der Waals surface area contributed by atoms with Crippen LogP contribution in [0.2, 0.25) is 0 Å². The first-order valence-corrected chi connectivity index (χ1v) is 24.9. The number of hydrogen-bond donors (Lipinski definition) is 3. The van der Waals surface area contributed by atoms with Crippen LogP contribution < -0.4 is 5.32 Å². The minimum atomic E-state index is -0.808. The first kappa shape index (κ1) is 55.8. The molecule has 0 aromatic heterocycles. The molecular formula is C52H95NO5. The van der Waals surface area contributed by atoms with Crippen molar-refractivity contribution < 1.29 is 24.5 Å². The van der Waals surface area contributed by atoms with Gasteiger partial charge in [0.25, 0.3) is 0 Å². The predicted molar refractivity (Wildman–Crippen MR) is 250 cm³/mol. The molecule has 6 heteroatoms. The van der Waals surface area contributed by atoms with E-state index in [4.69, 9.17) is 4.74 Å². The fourth-order valence-corrected chi connectivity index (χ4v) is 7.35. The summed E-state index contributed by atoms with van der Waals surface area (Å²) in [6, 6.07) is -0.727. The monoisotopic (exact) mass is 814 g/mol. The van der Waals surface area contributed by atoms with Crippen LogP contribution in [0.5, 0.6) is 0 Å². The van der Waals surface area contributed by atoms with Crippen LogP contribution in [0.15, 0.2) is 48.6 Å². The number of amides is 1. The number of carbonyl (C=O) groups is 2. The maximum atomic E-state index is 13.1. The Hall–Kier alpha value is -2.18. The van der Waals surface area contributed by atoms with Gasteiger partial charge in [0.1, 0.15) is 6.10 Å². The molecule has 0 bridgehead atoms. The summed E-state index contributed by atoms with van der Waals surface area (Å²) in [5.41, 5.74) is 0. The topological polar surface area (TPSA) is 95.9 Å². The van der Waals surface area contributed by atoms with Gasteiger partial charge in [-0.15, -0.1) is 0 Å². The van der Waals surface area contributed by atoms with Crippen molar-refractivity contribution in [3.63, 3.8) is 0 Å². The molecule has 0 saturated carbocycles. The predicted octanol–water partition coefficient (Wildman–Crippen LogP) is 14.7. The molecule has 0 heterocycles. The van der Waals surface area contributed by atoms with Gasteiger partial charge in [-0.3, -0.25) is 9.59 Å². The Morgan fingerprint density at radius 2 is 0.914 bits per heavy atom. The quantitative estimate of drug-likeness (QED) is 0.0323. The van der Waals surface area contributed by atoms with Crippen molar-refractivity contribution in [2.75, 3.05) is 6.61 Å². The van der Waals surface area contributed by atoms with E-state index in [1.165, 1.54) is 141 Å². The maximum Gasteiger partial charge on any atom is 0.306 e. The molecule has 0 radical (unpaired) electrons. The van der Waals surface area contributed by atoms with Gasteiger partial charge >= 0.3 is 5.97 Å². The van der Waals surface area contributed by atoms with Crippen LogP contribution >= 0.6 is 0 Å². The van der Waals surface area contributed by atoms with E-state index < -0.39 is 18.2 Å². The number of hydrogen-bond acceptors (Lipinski definition) is 5. The SMILES string of the molecule is CCCCC/C=C\C/C=C\C/C=C\C/C=C\CC(CC(=O)NC(CO)C(O)CCCCCCCCCCCCC)OC(=O)CCCCCCCCCCCCCCC. The summed E-state index contributed by atoms with van der Waals surface area (Å²) in [4.78, 5) is 26.0. The number of carbonyl (C=O) groups excluding carboxylic acids is 2. The Bertz CT molecular complexity index is 1000. The van der Waals surface area contributed by atoms with E-state index >= 15 is 0 Å². The van der Waals surface area contributed by atoms with Gasteiger partial charge in [0.05, 0.1) is 25.2 Å². The molecule has 1 amide bonds. The average Bonchev–Trinajstić information content (AvgIpc) is 3.22. The summed E-state index contributed by atoms with van der Waals surface area (Å²) >= 11 is 0. The summed E-state index contributed by atoms with van der Waals surface area (Å²) < 4.78 is 5.86. The minimum Gasteiger partial charge on any atom is -0.461 e. The maximum absolute atomic E-state index is 13.1. The molecule has 6 nitrogen and oxygen atoms in total. The van der Waals surface area contributed by atoms with Gasteiger partial charge in [0, 0.05) is 12.8 Å². The van der Waals surface area contributed by atoms with Crippen molar-refractivity contribution in [1.82, 2.24) is 5.32 Å². The lowest BCUT2D eigenvalue weighted by Crippen LogP contribution is -2.46. The summed E-state index contributed by atoms with van der Waals surface area (Å²) in [7, 11) is 0. The van der Waals surface area contributed by atoms with Crippen LogP contribution in [0, 0.1) is 0 Å². The zero-order valence-corrected chi connectivity index (χ0v) is 38.4. The number of unbranched alkanes of at least 4 members (excludes halogenated alkanes) is 25. The Morgan fingerprint density at radius 3 is 1.38 bits per heavy atom. The van der Waals surface area contributed by atoms with Crippen LogP contribution in [0.25, 0.3) is 0 Å². The lowest BCUT2D eigenvalue weighted by Gasteiger charge is -2.24. The second-order valence-electron chi connectivity index (χ2n) is 16.9. The van der Waals surface area contributed by atoms with Crippen LogP contribution in [-0.4, -0.2) is 46.9 Å². The number of allylic oxidation sites excluding steroid dienone is 7. The van der Waals surface area contributed by atoms with Gasteiger partial charge in [-0.25, -0.2) is 0 Å². The van der Waals surface area contributed by atoms with E-state index in [2.05, 4.69) is 68.6 Å². The molecule has 0 fully saturated rings. The van der Waals surface area contributed by atoms with E-state index in [1.54, 1.807) is 0 Å². The molecule has 0 aliphatic heterocycles. The smallest absolute Gasteiger partial charge is 0.306 e. The fraction of sp³-hybridized carbons (Fsp3) is 0.808. The normalized spacial score (nSPS) is 13.7. The van der Waals surface area contributed by atoms with Crippen molar-refractivity contribution >= 4 is 11.9 Å². The number of nitrogens with one attached hydrogen (secondary N) is 1. The lowest BCUT2D eigenvalue weighted by atomic mass is 10.0. The third-order valence-electron chi connectivity index (χ3n) is 11.2. The van der Waals surface area contributed by atoms with Gasteiger partial charge in [0.2, 0.25) is 5.91 Å². The van der Waals surface area contributed by atoms with Crippen molar-refractivity contribution in [3.8, 4) is 0 Å². The Labute approximate surface area is 359 Å². The number of ether oxygens (including phenoxy) is 1. The standard InChI is InChI=1S/C52H95NO5/c1-4-7-10-13-16-19-22-24-25-27-29-31-34-37-40-43-48(58-52(57)45-42-39-36-33-30-26-23-20-17-14-11-8-5-2)46-51(56)53-49(47-54)50(55)44-41-38-35-32-28-21-18-15-12-9-6-3/h16,19,24-25,29,31,37,40,48-50,54-55H,4-15,17-18,20-23,26-28,30,32-36,38-39,41-47H2,1-3H3,(H,53,56)/b19-16-,25-24-,31-29-,40-37-. The Kier molecular flexibility index (Phi) is 44.2. The molecule has 0 spiro atoms. The molecule has 0 aliphatic carbocycles. The molecule has 0 aliphatic rings. The number of aliphatic hydroxyl groups is 2. The Morgan fingerprint density at radius 1 is 0.517 bits per heavy atom. The molecule has 58 heavy (non-hydrogen) atoms. The van der Waals surface area contributed by atoms with E-state index in [0.29, 0.717) is 19.3 Å². The second kappa shape index (κ2) is 45.9. The summed E-state index contributed by atoms with van der Waals surface area (Å²) in [5.74, 6) is -0.571. The highest BCUT2D eigenvalue weighted by Crippen LogP contribution is 2.16. The van der Waals surface area contributed by atoms with Crippen molar-refractivity contribution in [3.05, 3.63) is 48.6 Å². The third-order valence-corrected chi connectivity index (χ3v) is 11.2. The summed E-state index contributed by atoms with van der Waals surface area (Å²) in [5, 5.41) is 23.6. The third kappa shape index (κ3) is 40.6. The molecule has 3 unspecified atom stereocenters. The van der Waals surface area contributed by atoms with Crippen LogP contribution in [0.1, 0.15) is 245 Å². The van der Waals surface area contributed by atoms with Gasteiger partial charge in [-0.1, -0.05) is 230 Å². The van der Waals surface area contributed by atoms with E-state index in [0.717, 1.165) is 57.8 Å². The zero-order valence-electron chi connectivity index (χ0n) is 38.4. The average molecular weight is 814 g/mol. The number of rotatable bonds is 44. The minimum absolute atomic E-state index is 0.00400. The molecule has 3 N–H and O–H groups in total. The summed E-state index contributed by atoms with van der Waals surface area (Å²) in [6.07, 6.45) is 54.7. The molecule has 0 aromatic rings. The molecule has 3 atom stereocenters. The van der Waals surface area contributed by atoms with Gasteiger partial charge in [-0.2, -0.15) is 0 Å².